The Bertz CT molecular complexity index is 945. The van der Waals surface area contributed by atoms with Gasteiger partial charge in [-0.05, 0) is 37.3 Å². The smallest absolute Gasteiger partial charge is 0.274 e. The van der Waals surface area contributed by atoms with E-state index < -0.39 is 0 Å². The molecule has 1 amide bonds. The molecule has 3 rings (SSSR count). The molecule has 0 fully saturated rings. The number of rotatable bonds is 6. The highest BCUT2D eigenvalue weighted by Gasteiger charge is 2.11. The van der Waals surface area contributed by atoms with Gasteiger partial charge in [0.1, 0.15) is 23.1 Å². The van der Waals surface area contributed by atoms with Crippen molar-refractivity contribution in [2.75, 3.05) is 17.7 Å². The summed E-state index contributed by atoms with van der Waals surface area (Å²) in [5, 5.41) is 6.62. The molecule has 1 heterocycles. The number of aryl methyl sites for hydroxylation is 1. The van der Waals surface area contributed by atoms with Crippen LogP contribution in [0.1, 0.15) is 21.9 Å². The lowest BCUT2D eigenvalue weighted by atomic mass is 10.2. The van der Waals surface area contributed by atoms with Crippen molar-refractivity contribution in [1.29, 1.82) is 0 Å². The van der Waals surface area contributed by atoms with E-state index in [-0.39, 0.29) is 11.6 Å². The number of amides is 1. The van der Waals surface area contributed by atoms with Gasteiger partial charge < -0.3 is 15.4 Å². The maximum Gasteiger partial charge on any atom is 0.274 e. The number of nitrogens with zero attached hydrogens (tertiary/aromatic N) is 2. The lowest BCUT2D eigenvalue weighted by Gasteiger charge is -2.11. The first-order valence-corrected chi connectivity index (χ1v) is 8.71. The Balaban J connectivity index is 1.73. The number of para-hydroxylation sites is 1. The third-order valence-corrected chi connectivity index (χ3v) is 4.08. The lowest BCUT2D eigenvalue weighted by molar-refractivity contribution is 0.102. The number of ether oxygens (including phenoxy) is 1. The summed E-state index contributed by atoms with van der Waals surface area (Å²) in [7, 11) is 1.63. The minimum absolute atomic E-state index is 0.278. The van der Waals surface area contributed by atoms with Gasteiger partial charge in [-0.2, -0.15) is 0 Å². The summed E-state index contributed by atoms with van der Waals surface area (Å²) in [5.74, 6) is 1.54. The second kappa shape index (κ2) is 8.51. The average Bonchev–Trinajstić information content (AvgIpc) is 2.68. The van der Waals surface area contributed by atoms with Gasteiger partial charge >= 0.3 is 0 Å². The number of nitrogens with one attached hydrogen (secondary N) is 2. The molecule has 0 unspecified atom stereocenters. The molecule has 0 saturated carbocycles. The fourth-order valence-corrected chi connectivity index (χ4v) is 2.66. The van der Waals surface area contributed by atoms with Crippen molar-refractivity contribution < 1.29 is 9.53 Å². The van der Waals surface area contributed by atoms with Crippen LogP contribution in [0.2, 0.25) is 5.02 Å². The molecule has 0 saturated heterocycles. The van der Waals surface area contributed by atoms with Crippen LogP contribution in [0.15, 0.2) is 54.6 Å². The van der Waals surface area contributed by atoms with Crippen LogP contribution in [-0.4, -0.2) is 23.0 Å². The van der Waals surface area contributed by atoms with Crippen LogP contribution in [0.3, 0.4) is 0 Å². The van der Waals surface area contributed by atoms with E-state index >= 15 is 0 Å². The zero-order valence-corrected chi connectivity index (χ0v) is 15.7. The fraction of sp³-hybridized carbons (Fsp3) is 0.150. The summed E-state index contributed by atoms with van der Waals surface area (Å²) in [5.41, 5.74) is 1.91. The molecule has 2 N–H and O–H groups in total. The van der Waals surface area contributed by atoms with Gasteiger partial charge in [0.15, 0.2) is 0 Å². The molecule has 27 heavy (non-hydrogen) atoms. The monoisotopic (exact) mass is 382 g/mol. The maximum atomic E-state index is 12.5. The molecule has 0 spiro atoms. The third kappa shape index (κ3) is 4.95. The summed E-state index contributed by atoms with van der Waals surface area (Å²) in [6.45, 7) is 2.26. The Kier molecular flexibility index (Phi) is 5.88. The van der Waals surface area contributed by atoms with E-state index in [1.807, 2.05) is 24.3 Å². The first-order valence-electron chi connectivity index (χ1n) is 8.33. The van der Waals surface area contributed by atoms with Crippen molar-refractivity contribution in [2.45, 2.75) is 13.5 Å². The van der Waals surface area contributed by atoms with Gasteiger partial charge in [-0.1, -0.05) is 29.8 Å². The topological polar surface area (TPSA) is 76.1 Å². The molecule has 1 aromatic heterocycles. The van der Waals surface area contributed by atoms with E-state index in [9.17, 15) is 4.79 Å². The molecular formula is C20H19ClN4O2. The quantitative estimate of drug-likeness (QED) is 0.664. The maximum absolute atomic E-state index is 12.5. The van der Waals surface area contributed by atoms with Crippen molar-refractivity contribution >= 4 is 29.0 Å². The van der Waals surface area contributed by atoms with Crippen LogP contribution >= 0.6 is 11.6 Å². The predicted molar refractivity (Wildman–Crippen MR) is 106 cm³/mol. The largest absolute Gasteiger partial charge is 0.496 e. The van der Waals surface area contributed by atoms with Crippen molar-refractivity contribution in [3.63, 3.8) is 0 Å². The number of carbonyl (C=O) groups is 1. The molecule has 2 aromatic carbocycles. The molecule has 138 valence electrons. The Morgan fingerprint density at radius 2 is 1.85 bits per heavy atom. The van der Waals surface area contributed by atoms with Crippen LogP contribution in [0.4, 0.5) is 11.5 Å². The zero-order valence-electron chi connectivity index (χ0n) is 15.0. The first-order chi connectivity index (χ1) is 13.0. The molecule has 0 atom stereocenters. The molecule has 3 aromatic rings. The number of benzene rings is 2. The molecule has 0 aliphatic heterocycles. The molecule has 0 bridgehead atoms. The van der Waals surface area contributed by atoms with Gasteiger partial charge in [0.2, 0.25) is 0 Å². The van der Waals surface area contributed by atoms with E-state index in [2.05, 4.69) is 20.6 Å². The first kappa shape index (κ1) is 18.7. The zero-order chi connectivity index (χ0) is 19.2. The van der Waals surface area contributed by atoms with E-state index in [0.717, 1.165) is 11.3 Å². The summed E-state index contributed by atoms with van der Waals surface area (Å²) in [6.07, 6.45) is 0. The normalized spacial score (nSPS) is 10.3. The van der Waals surface area contributed by atoms with Crippen LogP contribution in [0.25, 0.3) is 0 Å². The third-order valence-electron chi connectivity index (χ3n) is 3.83. The second-order valence-corrected chi connectivity index (χ2v) is 6.25. The van der Waals surface area contributed by atoms with Gasteiger partial charge in [0.25, 0.3) is 5.91 Å². The molecule has 0 aliphatic rings. The number of hydrogen-bond acceptors (Lipinski definition) is 5. The minimum atomic E-state index is -0.317. The van der Waals surface area contributed by atoms with Crippen molar-refractivity contribution in [1.82, 2.24) is 9.97 Å². The highest BCUT2D eigenvalue weighted by Crippen LogP contribution is 2.19. The van der Waals surface area contributed by atoms with Gasteiger partial charge in [-0.25, -0.2) is 9.97 Å². The van der Waals surface area contributed by atoms with Crippen LogP contribution in [0.5, 0.6) is 5.75 Å². The van der Waals surface area contributed by atoms with Crippen LogP contribution in [0, 0.1) is 6.92 Å². The summed E-state index contributed by atoms with van der Waals surface area (Å²) in [4.78, 5) is 21.1. The van der Waals surface area contributed by atoms with Crippen molar-refractivity contribution in [3.8, 4) is 5.75 Å². The minimum Gasteiger partial charge on any atom is -0.496 e. The predicted octanol–water partition coefficient (Wildman–Crippen LogP) is 4.31. The van der Waals surface area contributed by atoms with E-state index in [1.165, 1.54) is 0 Å². The van der Waals surface area contributed by atoms with E-state index in [1.54, 1.807) is 44.4 Å². The molecule has 6 nitrogen and oxygen atoms in total. The Morgan fingerprint density at radius 3 is 2.59 bits per heavy atom. The second-order valence-electron chi connectivity index (χ2n) is 5.81. The molecule has 7 heteroatoms. The van der Waals surface area contributed by atoms with Crippen molar-refractivity contribution in [3.05, 3.63) is 76.7 Å². The fourth-order valence-electron chi connectivity index (χ4n) is 2.54. The van der Waals surface area contributed by atoms with Gasteiger partial charge in [-0.3, -0.25) is 4.79 Å². The summed E-state index contributed by atoms with van der Waals surface area (Å²) >= 11 is 5.86. The lowest BCUT2D eigenvalue weighted by Crippen LogP contribution is -2.15. The highest BCUT2D eigenvalue weighted by atomic mass is 35.5. The van der Waals surface area contributed by atoms with Crippen LogP contribution < -0.4 is 15.4 Å². The van der Waals surface area contributed by atoms with Gasteiger partial charge in [-0.15, -0.1) is 0 Å². The summed E-state index contributed by atoms with van der Waals surface area (Å²) < 4.78 is 5.35. The number of halogens is 1. The van der Waals surface area contributed by atoms with E-state index in [0.29, 0.717) is 28.9 Å². The SMILES string of the molecule is COc1ccccc1CNc1cc(C(=O)Nc2ccc(Cl)cc2)nc(C)n1. The number of aromatic nitrogens is 2. The standard InChI is InChI=1S/C20H19ClN4O2/c1-13-23-17(20(26)25-16-9-7-15(21)8-10-16)11-19(24-13)22-12-14-5-3-4-6-18(14)27-2/h3-11H,12H2,1-2H3,(H,25,26)(H,22,23,24). The Morgan fingerprint density at radius 1 is 1.11 bits per heavy atom. The molecule has 0 radical (unpaired) electrons. The van der Waals surface area contributed by atoms with Crippen LogP contribution in [-0.2, 0) is 6.54 Å². The Hall–Kier alpha value is -3.12. The highest BCUT2D eigenvalue weighted by molar-refractivity contribution is 6.30. The van der Waals surface area contributed by atoms with Gasteiger partial charge in [0.05, 0.1) is 7.11 Å². The number of carbonyl (C=O) groups excluding carboxylic acids is 1. The van der Waals surface area contributed by atoms with Gasteiger partial charge in [0, 0.05) is 28.9 Å². The number of methoxy groups -OCH3 is 1. The average molecular weight is 383 g/mol. The van der Waals surface area contributed by atoms with Crippen molar-refractivity contribution in [2.24, 2.45) is 0 Å². The van der Waals surface area contributed by atoms with E-state index in [4.69, 9.17) is 16.3 Å². The molecule has 0 aliphatic carbocycles. The Labute approximate surface area is 162 Å². The number of anilines is 2. The molecular weight excluding hydrogens is 364 g/mol. The summed E-state index contributed by atoms with van der Waals surface area (Å²) in [6, 6.07) is 16.2. The number of hydrogen-bond donors (Lipinski definition) is 2.